The summed E-state index contributed by atoms with van der Waals surface area (Å²) in [5.41, 5.74) is 3.07. The number of fused-ring (bicyclic) bond motifs is 1. The van der Waals surface area contributed by atoms with Crippen LogP contribution >= 0.6 is 0 Å². The van der Waals surface area contributed by atoms with Crippen LogP contribution in [-0.4, -0.2) is 12.6 Å². The number of hydrogen-bond acceptors (Lipinski definition) is 1. The van der Waals surface area contributed by atoms with E-state index in [9.17, 15) is 0 Å². The Kier molecular flexibility index (Phi) is 4.23. The van der Waals surface area contributed by atoms with Crippen molar-refractivity contribution in [2.45, 2.75) is 45.1 Å². The SMILES string of the molecule is CC#CCCC(NCC)C1Cc2ccccc21. The summed E-state index contributed by atoms with van der Waals surface area (Å²) in [6, 6.07) is 9.41. The van der Waals surface area contributed by atoms with Crippen molar-refractivity contribution >= 4 is 0 Å². The third kappa shape index (κ3) is 2.70. The fourth-order valence-electron chi connectivity index (χ4n) is 2.72. The second-order valence-electron chi connectivity index (χ2n) is 4.64. The van der Waals surface area contributed by atoms with Crippen molar-refractivity contribution in [3.63, 3.8) is 0 Å². The Morgan fingerprint density at radius 3 is 2.94 bits per heavy atom. The molecule has 0 bridgehead atoms. The van der Waals surface area contributed by atoms with Gasteiger partial charge in [0.25, 0.3) is 0 Å². The molecule has 0 fully saturated rings. The summed E-state index contributed by atoms with van der Waals surface area (Å²) in [6.07, 6.45) is 3.40. The first kappa shape index (κ1) is 12.2. The van der Waals surface area contributed by atoms with Gasteiger partial charge in [0.15, 0.2) is 0 Å². The largest absolute Gasteiger partial charge is 0.314 e. The van der Waals surface area contributed by atoms with Crippen molar-refractivity contribution < 1.29 is 0 Å². The van der Waals surface area contributed by atoms with Gasteiger partial charge >= 0.3 is 0 Å². The molecule has 2 unspecified atom stereocenters. The van der Waals surface area contributed by atoms with Crippen LogP contribution in [-0.2, 0) is 6.42 Å². The van der Waals surface area contributed by atoms with Gasteiger partial charge in [-0.25, -0.2) is 0 Å². The fourth-order valence-corrected chi connectivity index (χ4v) is 2.72. The zero-order valence-electron chi connectivity index (χ0n) is 10.8. The predicted octanol–water partition coefficient (Wildman–Crippen LogP) is 3.11. The molecule has 2 atom stereocenters. The van der Waals surface area contributed by atoms with Crippen molar-refractivity contribution in [1.82, 2.24) is 5.32 Å². The van der Waals surface area contributed by atoms with Crippen LogP contribution in [0.25, 0.3) is 0 Å². The Labute approximate surface area is 105 Å². The number of nitrogens with one attached hydrogen (secondary N) is 1. The first-order chi connectivity index (χ1) is 8.36. The molecule has 0 radical (unpaired) electrons. The van der Waals surface area contributed by atoms with Crippen LogP contribution in [0.1, 0.15) is 43.7 Å². The number of likely N-dealkylation sites (N-methyl/N-ethyl adjacent to an activating group) is 1. The third-order valence-corrected chi connectivity index (χ3v) is 3.60. The second kappa shape index (κ2) is 5.89. The highest BCUT2D eigenvalue weighted by atomic mass is 14.9. The van der Waals surface area contributed by atoms with Gasteiger partial charge in [0.05, 0.1) is 0 Å². The van der Waals surface area contributed by atoms with Gasteiger partial charge in [-0.3, -0.25) is 0 Å². The van der Waals surface area contributed by atoms with Crippen molar-refractivity contribution in [1.29, 1.82) is 0 Å². The van der Waals surface area contributed by atoms with E-state index in [-0.39, 0.29) is 0 Å². The molecule has 0 aliphatic heterocycles. The van der Waals surface area contributed by atoms with Crippen molar-refractivity contribution in [3.05, 3.63) is 35.4 Å². The molecular formula is C16H21N. The molecule has 0 aromatic heterocycles. The maximum absolute atomic E-state index is 3.62. The monoisotopic (exact) mass is 227 g/mol. The smallest absolute Gasteiger partial charge is 0.0148 e. The number of benzene rings is 1. The summed E-state index contributed by atoms with van der Waals surface area (Å²) in [5.74, 6) is 6.85. The Morgan fingerprint density at radius 1 is 1.41 bits per heavy atom. The molecule has 0 heterocycles. The van der Waals surface area contributed by atoms with Crippen LogP contribution in [0.2, 0.25) is 0 Å². The van der Waals surface area contributed by atoms with Crippen molar-refractivity contribution in [2.75, 3.05) is 6.54 Å². The summed E-state index contributed by atoms with van der Waals surface area (Å²) < 4.78 is 0. The topological polar surface area (TPSA) is 12.0 Å². The maximum atomic E-state index is 3.62. The quantitative estimate of drug-likeness (QED) is 0.762. The Hall–Kier alpha value is -1.26. The summed E-state index contributed by atoms with van der Waals surface area (Å²) in [5, 5.41) is 3.62. The van der Waals surface area contributed by atoms with E-state index in [0.717, 1.165) is 19.4 Å². The van der Waals surface area contributed by atoms with Crippen molar-refractivity contribution in [2.24, 2.45) is 0 Å². The lowest BCUT2D eigenvalue weighted by atomic mass is 9.72. The molecule has 1 aliphatic rings. The first-order valence-corrected chi connectivity index (χ1v) is 6.57. The van der Waals surface area contributed by atoms with E-state index in [2.05, 4.69) is 48.3 Å². The summed E-state index contributed by atoms with van der Waals surface area (Å²) in [6.45, 7) is 5.15. The Balaban J connectivity index is 2.00. The lowest BCUT2D eigenvalue weighted by Crippen LogP contribution is -2.39. The van der Waals surface area contributed by atoms with Crippen LogP contribution in [0.15, 0.2) is 24.3 Å². The summed E-state index contributed by atoms with van der Waals surface area (Å²) in [7, 11) is 0. The highest BCUT2D eigenvalue weighted by Gasteiger charge is 2.31. The standard InChI is InChI=1S/C16H21N/c1-3-5-6-11-16(17-4-2)15-12-13-9-7-8-10-14(13)15/h7-10,15-17H,4,6,11-12H2,1-2H3. The molecule has 0 spiro atoms. The van der Waals surface area contributed by atoms with Gasteiger partial charge in [0.2, 0.25) is 0 Å². The lowest BCUT2D eigenvalue weighted by molar-refractivity contribution is 0.389. The average Bonchev–Trinajstić information content (AvgIpc) is 2.31. The van der Waals surface area contributed by atoms with Gasteiger partial charge in [-0.1, -0.05) is 31.2 Å². The van der Waals surface area contributed by atoms with E-state index < -0.39 is 0 Å². The minimum atomic E-state index is 0.593. The summed E-state index contributed by atoms with van der Waals surface area (Å²) in [4.78, 5) is 0. The molecule has 1 aliphatic carbocycles. The lowest BCUT2D eigenvalue weighted by Gasteiger charge is -2.37. The molecule has 0 amide bonds. The molecule has 90 valence electrons. The third-order valence-electron chi connectivity index (χ3n) is 3.60. The van der Waals surface area contributed by atoms with Gasteiger partial charge < -0.3 is 5.32 Å². The minimum absolute atomic E-state index is 0.593. The maximum Gasteiger partial charge on any atom is 0.0148 e. The van der Waals surface area contributed by atoms with Crippen molar-refractivity contribution in [3.8, 4) is 11.8 Å². The van der Waals surface area contributed by atoms with Gasteiger partial charge in [0, 0.05) is 18.4 Å². The Morgan fingerprint density at radius 2 is 2.24 bits per heavy atom. The number of hydrogen-bond donors (Lipinski definition) is 1. The molecule has 1 nitrogen and oxygen atoms in total. The Bertz CT molecular complexity index is 425. The van der Waals surface area contributed by atoms with Gasteiger partial charge in [0.1, 0.15) is 0 Å². The van der Waals surface area contributed by atoms with E-state index in [1.54, 1.807) is 5.56 Å². The van der Waals surface area contributed by atoms with E-state index in [1.807, 2.05) is 6.92 Å². The zero-order chi connectivity index (χ0) is 12.1. The molecule has 0 saturated carbocycles. The zero-order valence-corrected chi connectivity index (χ0v) is 10.8. The van der Waals surface area contributed by atoms with Crippen LogP contribution in [0, 0.1) is 11.8 Å². The van der Waals surface area contributed by atoms with E-state index in [0.29, 0.717) is 12.0 Å². The predicted molar refractivity (Wildman–Crippen MR) is 73.0 cm³/mol. The molecular weight excluding hydrogens is 206 g/mol. The molecule has 1 N–H and O–H groups in total. The molecule has 1 heteroatoms. The molecule has 2 rings (SSSR count). The minimum Gasteiger partial charge on any atom is -0.314 e. The average molecular weight is 227 g/mol. The number of rotatable bonds is 5. The van der Waals surface area contributed by atoms with E-state index >= 15 is 0 Å². The van der Waals surface area contributed by atoms with E-state index in [1.165, 1.54) is 12.0 Å². The molecule has 0 saturated heterocycles. The summed E-state index contributed by atoms with van der Waals surface area (Å²) >= 11 is 0. The van der Waals surface area contributed by atoms with Gasteiger partial charge in [-0.2, -0.15) is 0 Å². The van der Waals surface area contributed by atoms with Gasteiger partial charge in [-0.05, 0) is 37.4 Å². The van der Waals surface area contributed by atoms with Crippen LogP contribution in [0.4, 0.5) is 0 Å². The van der Waals surface area contributed by atoms with Crippen LogP contribution in [0.5, 0.6) is 0 Å². The molecule has 1 aromatic rings. The fraction of sp³-hybridized carbons (Fsp3) is 0.500. The highest BCUT2D eigenvalue weighted by molar-refractivity contribution is 5.41. The molecule has 17 heavy (non-hydrogen) atoms. The highest BCUT2D eigenvalue weighted by Crippen LogP contribution is 2.38. The van der Waals surface area contributed by atoms with Crippen LogP contribution in [0.3, 0.4) is 0 Å². The van der Waals surface area contributed by atoms with E-state index in [4.69, 9.17) is 0 Å². The molecule has 1 aromatic carbocycles. The van der Waals surface area contributed by atoms with Gasteiger partial charge in [-0.15, -0.1) is 11.8 Å². The normalized spacial score (nSPS) is 18.6. The second-order valence-corrected chi connectivity index (χ2v) is 4.64. The first-order valence-electron chi connectivity index (χ1n) is 6.57. The van der Waals surface area contributed by atoms with Crippen LogP contribution < -0.4 is 5.32 Å².